The van der Waals surface area contributed by atoms with Crippen molar-refractivity contribution in [3.05, 3.63) is 197 Å². The number of hydrogen-bond donors (Lipinski definition) is 0. The highest BCUT2D eigenvalue weighted by atomic mass is 19.4. The lowest BCUT2D eigenvalue weighted by Gasteiger charge is -2.16. The van der Waals surface area contributed by atoms with Gasteiger partial charge in [0.15, 0.2) is 5.69 Å². The quantitative estimate of drug-likeness (QED) is 0.126. The smallest absolute Gasteiger partial charge is 0.309 e. The number of fused-ring (bicyclic) bond motifs is 6. The van der Waals surface area contributed by atoms with Crippen molar-refractivity contribution in [3.63, 3.8) is 0 Å². The van der Waals surface area contributed by atoms with E-state index in [2.05, 4.69) is 77.9 Å². The molecule has 0 unspecified atom stereocenters. The molecular weight excluding hydrogens is 819 g/mol. The van der Waals surface area contributed by atoms with Gasteiger partial charge in [-0.05, 0) is 132 Å². The molecule has 2 heterocycles. The molecule has 0 atom stereocenters. The first-order chi connectivity index (χ1) is 30.7. The molecule has 0 radical (unpaired) electrons. The number of benzene rings is 8. The third-order valence-corrected chi connectivity index (χ3v) is 11.9. The molecule has 0 aliphatic heterocycles. The SMILES string of the molecule is [C-]#[N+]c1ccc(-n2c3ccccc3c3cc(-c4cc(C(F)(F)F)cc(C(F)(F)F)c4)ccc32)cc1-c1cc(-n2c3ccccc3c3cc(-c4cc(C)cc(C)c4)ccc32)ccc1C#N. The van der Waals surface area contributed by atoms with Crippen LogP contribution in [-0.2, 0) is 12.4 Å². The fourth-order valence-corrected chi connectivity index (χ4v) is 9.09. The van der Waals surface area contributed by atoms with Crippen LogP contribution in [-0.4, -0.2) is 9.13 Å². The van der Waals surface area contributed by atoms with Crippen LogP contribution in [0.25, 0.3) is 93.2 Å². The zero-order valence-corrected chi connectivity index (χ0v) is 34.1. The third kappa shape index (κ3) is 6.72. The molecule has 0 aliphatic rings. The van der Waals surface area contributed by atoms with E-state index in [9.17, 15) is 31.6 Å². The minimum absolute atomic E-state index is 0.123. The third-order valence-electron chi connectivity index (χ3n) is 11.9. The summed E-state index contributed by atoms with van der Waals surface area (Å²) in [4.78, 5) is 3.87. The average Bonchev–Trinajstić information content (AvgIpc) is 3.79. The lowest BCUT2D eigenvalue weighted by molar-refractivity contribution is -0.143. The summed E-state index contributed by atoms with van der Waals surface area (Å²) in [5.74, 6) is 0. The minimum atomic E-state index is -5.00. The number of halogens is 6. The number of aromatic nitrogens is 2. The van der Waals surface area contributed by atoms with E-state index in [0.29, 0.717) is 44.4 Å². The zero-order chi connectivity index (χ0) is 44.7. The van der Waals surface area contributed by atoms with Crippen molar-refractivity contribution in [3.8, 4) is 50.8 Å². The molecule has 10 heteroatoms. The maximum atomic E-state index is 13.9. The fraction of sp³-hybridized carbons (Fsp3) is 0.0741. The predicted octanol–water partition coefficient (Wildman–Crippen LogP) is 16.0. The Morgan fingerprint density at radius 2 is 0.938 bits per heavy atom. The van der Waals surface area contributed by atoms with Crippen LogP contribution >= 0.6 is 0 Å². The van der Waals surface area contributed by atoms with Gasteiger partial charge in [0.25, 0.3) is 0 Å². The standard InChI is InChI=1S/C54H32F6N4/c1-31-20-32(2)22-36(21-31)33-13-18-51-46(25-33)42-8-4-6-10-49(42)63(51)40-15-12-35(30-61)44(28-40)45-29-41(16-17-48(45)62-3)64-50-11-7-5-9-43(50)47-26-34(14-19-52(47)64)37-23-38(53(55,56)57)27-39(24-37)54(58,59)60/h4-29H,1-2H3. The highest BCUT2D eigenvalue weighted by molar-refractivity contribution is 6.12. The van der Waals surface area contributed by atoms with Gasteiger partial charge in [-0.3, -0.25) is 0 Å². The molecule has 4 nitrogen and oxygen atoms in total. The van der Waals surface area contributed by atoms with Crippen LogP contribution in [0, 0.1) is 31.8 Å². The molecule has 0 N–H and O–H groups in total. The summed E-state index contributed by atoms with van der Waals surface area (Å²) in [7, 11) is 0. The van der Waals surface area contributed by atoms with E-state index in [1.807, 2.05) is 59.2 Å². The van der Waals surface area contributed by atoms with Crippen molar-refractivity contribution in [2.45, 2.75) is 26.2 Å². The van der Waals surface area contributed by atoms with E-state index < -0.39 is 23.5 Å². The molecule has 0 spiro atoms. The zero-order valence-electron chi connectivity index (χ0n) is 34.1. The molecule has 2 aromatic heterocycles. The number of nitriles is 1. The fourth-order valence-electron chi connectivity index (χ4n) is 9.09. The number of para-hydroxylation sites is 2. The number of nitrogens with zero attached hydrogens (tertiary/aromatic N) is 4. The highest BCUT2D eigenvalue weighted by Crippen LogP contribution is 2.43. The molecule has 10 rings (SSSR count). The second-order valence-electron chi connectivity index (χ2n) is 16.0. The van der Waals surface area contributed by atoms with Gasteiger partial charge in [0.2, 0.25) is 0 Å². The van der Waals surface area contributed by atoms with Crippen molar-refractivity contribution in [2.75, 3.05) is 0 Å². The van der Waals surface area contributed by atoms with Crippen LogP contribution < -0.4 is 0 Å². The van der Waals surface area contributed by atoms with E-state index in [0.717, 1.165) is 56.3 Å². The van der Waals surface area contributed by atoms with Crippen LogP contribution in [0.5, 0.6) is 0 Å². The van der Waals surface area contributed by atoms with Gasteiger partial charge in [0, 0.05) is 32.9 Å². The van der Waals surface area contributed by atoms with Crippen molar-refractivity contribution >= 4 is 49.3 Å². The summed E-state index contributed by atoms with van der Waals surface area (Å²) < 4.78 is 87.3. The Balaban J connectivity index is 1.14. The second-order valence-corrected chi connectivity index (χ2v) is 16.0. The summed E-state index contributed by atoms with van der Waals surface area (Å²) in [6.07, 6.45) is -9.99. The summed E-state index contributed by atoms with van der Waals surface area (Å²) in [5, 5.41) is 13.9. The predicted molar refractivity (Wildman–Crippen MR) is 242 cm³/mol. The molecule has 10 aromatic rings. The maximum absolute atomic E-state index is 13.9. The topological polar surface area (TPSA) is 38.0 Å². The van der Waals surface area contributed by atoms with E-state index in [4.69, 9.17) is 6.57 Å². The maximum Gasteiger partial charge on any atom is 0.416 e. The summed E-state index contributed by atoms with van der Waals surface area (Å²) >= 11 is 0. The van der Waals surface area contributed by atoms with Crippen LogP contribution in [0.1, 0.15) is 27.8 Å². The van der Waals surface area contributed by atoms with Gasteiger partial charge in [-0.15, -0.1) is 0 Å². The molecule has 64 heavy (non-hydrogen) atoms. The molecule has 8 aromatic carbocycles. The Morgan fingerprint density at radius 1 is 0.469 bits per heavy atom. The number of hydrogen-bond acceptors (Lipinski definition) is 1. The van der Waals surface area contributed by atoms with Crippen molar-refractivity contribution in [1.82, 2.24) is 9.13 Å². The van der Waals surface area contributed by atoms with Gasteiger partial charge in [-0.1, -0.05) is 83.9 Å². The van der Waals surface area contributed by atoms with Gasteiger partial charge in [0.05, 0.1) is 51.4 Å². The normalized spacial score (nSPS) is 12.0. The highest BCUT2D eigenvalue weighted by Gasteiger charge is 2.37. The van der Waals surface area contributed by atoms with Crippen LogP contribution in [0.4, 0.5) is 32.0 Å². The van der Waals surface area contributed by atoms with Crippen molar-refractivity contribution in [1.29, 1.82) is 5.26 Å². The van der Waals surface area contributed by atoms with Crippen LogP contribution in [0.3, 0.4) is 0 Å². The molecule has 0 fully saturated rings. The monoisotopic (exact) mass is 850 g/mol. The lowest BCUT2D eigenvalue weighted by atomic mass is 9.97. The first kappa shape index (κ1) is 40.0. The Morgan fingerprint density at radius 3 is 1.44 bits per heavy atom. The number of alkyl halides is 6. The van der Waals surface area contributed by atoms with E-state index >= 15 is 0 Å². The van der Waals surface area contributed by atoms with Crippen molar-refractivity contribution in [2.24, 2.45) is 0 Å². The largest absolute Gasteiger partial charge is 0.416 e. The molecule has 0 saturated carbocycles. The Labute approximate surface area is 362 Å². The van der Waals surface area contributed by atoms with Crippen LogP contribution in [0.2, 0.25) is 0 Å². The Bertz CT molecular complexity index is 3600. The van der Waals surface area contributed by atoms with Gasteiger partial charge >= 0.3 is 12.4 Å². The Kier molecular flexibility index (Phi) is 9.25. The molecule has 0 aliphatic carbocycles. The number of rotatable bonds is 5. The summed E-state index contributed by atoms with van der Waals surface area (Å²) in [6, 6.07) is 48.1. The van der Waals surface area contributed by atoms with E-state index in [1.54, 1.807) is 30.3 Å². The second kappa shape index (κ2) is 14.8. The summed E-state index contributed by atoms with van der Waals surface area (Å²) in [5.41, 5.74) is 8.16. The molecular formula is C54H32F6N4. The first-order valence-electron chi connectivity index (χ1n) is 20.2. The molecule has 0 saturated heterocycles. The molecule has 0 bridgehead atoms. The molecule has 0 amide bonds. The summed E-state index contributed by atoms with van der Waals surface area (Å²) in [6.45, 7) is 12.4. The van der Waals surface area contributed by atoms with E-state index in [-0.39, 0.29) is 17.2 Å². The van der Waals surface area contributed by atoms with Gasteiger partial charge in [-0.2, -0.15) is 31.6 Å². The Hall–Kier alpha value is -8.08. The van der Waals surface area contributed by atoms with E-state index in [1.165, 1.54) is 17.2 Å². The minimum Gasteiger partial charge on any atom is -0.309 e. The first-order valence-corrected chi connectivity index (χ1v) is 20.2. The van der Waals surface area contributed by atoms with Crippen LogP contribution in [0.15, 0.2) is 158 Å². The average molecular weight is 851 g/mol. The van der Waals surface area contributed by atoms with Gasteiger partial charge in [0.1, 0.15) is 0 Å². The van der Waals surface area contributed by atoms with Crippen molar-refractivity contribution < 1.29 is 26.3 Å². The molecule has 310 valence electrons. The lowest BCUT2D eigenvalue weighted by Crippen LogP contribution is -2.11. The van der Waals surface area contributed by atoms with Gasteiger partial charge < -0.3 is 9.13 Å². The van der Waals surface area contributed by atoms with Gasteiger partial charge in [-0.25, -0.2) is 4.85 Å². The number of aryl methyl sites for hydroxylation is 2.